The van der Waals surface area contributed by atoms with Gasteiger partial charge < -0.3 is 9.47 Å². The summed E-state index contributed by atoms with van der Waals surface area (Å²) in [6.45, 7) is 9.69. The van der Waals surface area contributed by atoms with Crippen LogP contribution in [0.25, 0.3) is 0 Å². The first-order chi connectivity index (χ1) is 15.9. The van der Waals surface area contributed by atoms with Crippen molar-refractivity contribution in [3.8, 4) is 0 Å². The van der Waals surface area contributed by atoms with Gasteiger partial charge in [-0.2, -0.15) is 8.78 Å². The van der Waals surface area contributed by atoms with E-state index in [-0.39, 0.29) is 41.3 Å². The molecule has 6 heteroatoms. The SMILES string of the molecule is CCOC(=O)C(F)(F)CC(C)C1CCC2C3CC=C4CC(OC(C)=O)CCC4(C)C3CCC12C. The molecule has 0 bridgehead atoms. The van der Waals surface area contributed by atoms with Gasteiger partial charge in [0.15, 0.2) is 0 Å². The zero-order chi connectivity index (χ0) is 24.9. The summed E-state index contributed by atoms with van der Waals surface area (Å²) in [7, 11) is 0. The summed E-state index contributed by atoms with van der Waals surface area (Å²) in [6, 6.07) is 0. The molecule has 0 saturated heterocycles. The van der Waals surface area contributed by atoms with Crippen LogP contribution in [0.5, 0.6) is 0 Å². The smallest absolute Gasteiger partial charge is 0.376 e. The van der Waals surface area contributed by atoms with E-state index in [1.165, 1.54) is 12.5 Å². The third kappa shape index (κ3) is 4.32. The van der Waals surface area contributed by atoms with E-state index in [9.17, 15) is 18.4 Å². The number of ether oxygens (including phenoxy) is 2. The van der Waals surface area contributed by atoms with E-state index in [1.54, 1.807) is 6.92 Å². The lowest BCUT2D eigenvalue weighted by atomic mass is 9.47. The predicted octanol–water partition coefficient (Wildman–Crippen LogP) is 6.72. The molecule has 0 aromatic carbocycles. The molecule has 8 unspecified atom stereocenters. The summed E-state index contributed by atoms with van der Waals surface area (Å²) in [5.41, 5.74) is 1.66. The van der Waals surface area contributed by atoms with Crippen LogP contribution in [0.1, 0.15) is 92.4 Å². The molecule has 0 aromatic heterocycles. The lowest BCUT2D eigenvalue weighted by molar-refractivity contribution is -0.175. The fraction of sp³-hybridized carbons (Fsp3) is 0.857. The second-order valence-electron chi connectivity index (χ2n) is 12.1. The minimum atomic E-state index is -3.42. The Hall–Kier alpha value is -1.46. The van der Waals surface area contributed by atoms with Crippen LogP contribution in [0, 0.1) is 40.4 Å². The number of hydrogen-bond acceptors (Lipinski definition) is 4. The average Bonchev–Trinajstić information content (AvgIpc) is 3.11. The van der Waals surface area contributed by atoms with Crippen molar-refractivity contribution in [3.05, 3.63) is 11.6 Å². The molecule has 192 valence electrons. The van der Waals surface area contributed by atoms with Crippen LogP contribution in [-0.4, -0.2) is 30.6 Å². The van der Waals surface area contributed by atoms with E-state index in [2.05, 4.69) is 24.7 Å². The number of fused-ring (bicyclic) bond motifs is 5. The zero-order valence-corrected chi connectivity index (χ0v) is 21.5. The average molecular weight is 481 g/mol. The minimum Gasteiger partial charge on any atom is -0.462 e. The Kier molecular flexibility index (Phi) is 6.94. The molecule has 0 aromatic rings. The molecule has 3 fully saturated rings. The van der Waals surface area contributed by atoms with Gasteiger partial charge in [-0.1, -0.05) is 32.4 Å². The van der Waals surface area contributed by atoms with Crippen LogP contribution in [0.4, 0.5) is 8.78 Å². The van der Waals surface area contributed by atoms with Crippen molar-refractivity contribution in [1.82, 2.24) is 0 Å². The van der Waals surface area contributed by atoms with Crippen LogP contribution in [-0.2, 0) is 19.1 Å². The van der Waals surface area contributed by atoms with Gasteiger partial charge >= 0.3 is 17.9 Å². The van der Waals surface area contributed by atoms with Crippen LogP contribution in [0.3, 0.4) is 0 Å². The molecular formula is C28H42F2O4. The Labute approximate surface area is 203 Å². The molecular weight excluding hydrogens is 438 g/mol. The van der Waals surface area contributed by atoms with Gasteiger partial charge in [0.05, 0.1) is 6.61 Å². The quantitative estimate of drug-likeness (QED) is 0.313. The van der Waals surface area contributed by atoms with Crippen molar-refractivity contribution in [2.75, 3.05) is 6.61 Å². The van der Waals surface area contributed by atoms with Gasteiger partial charge in [0.25, 0.3) is 0 Å². The van der Waals surface area contributed by atoms with Gasteiger partial charge in [-0.15, -0.1) is 0 Å². The summed E-state index contributed by atoms with van der Waals surface area (Å²) in [4.78, 5) is 23.3. The van der Waals surface area contributed by atoms with Crippen LogP contribution in [0.2, 0.25) is 0 Å². The number of rotatable bonds is 6. The lowest BCUT2D eigenvalue weighted by Gasteiger charge is -2.58. The highest BCUT2D eigenvalue weighted by atomic mass is 19.3. The van der Waals surface area contributed by atoms with Gasteiger partial charge in [0.1, 0.15) is 6.10 Å². The van der Waals surface area contributed by atoms with Crippen LogP contribution in [0.15, 0.2) is 11.6 Å². The van der Waals surface area contributed by atoms with Crippen LogP contribution < -0.4 is 0 Å². The molecule has 0 N–H and O–H groups in total. The largest absolute Gasteiger partial charge is 0.462 e. The molecule has 4 rings (SSSR count). The molecule has 0 spiro atoms. The fourth-order valence-corrected chi connectivity index (χ4v) is 8.80. The molecule has 4 nitrogen and oxygen atoms in total. The van der Waals surface area contributed by atoms with E-state index in [0.29, 0.717) is 17.8 Å². The molecule has 0 radical (unpaired) electrons. The molecule has 34 heavy (non-hydrogen) atoms. The number of hydrogen-bond donors (Lipinski definition) is 0. The zero-order valence-electron chi connectivity index (χ0n) is 21.5. The van der Waals surface area contributed by atoms with Crippen molar-refractivity contribution < 1.29 is 27.8 Å². The fourth-order valence-electron chi connectivity index (χ4n) is 8.80. The Balaban J connectivity index is 1.49. The Morgan fingerprint density at radius 3 is 2.56 bits per heavy atom. The van der Waals surface area contributed by atoms with E-state index >= 15 is 0 Å². The van der Waals surface area contributed by atoms with Gasteiger partial charge in [-0.25, -0.2) is 4.79 Å². The molecule has 0 heterocycles. The maximum absolute atomic E-state index is 14.6. The molecule has 0 aliphatic heterocycles. The van der Waals surface area contributed by atoms with Gasteiger partial charge in [-0.05, 0) is 92.3 Å². The summed E-state index contributed by atoms with van der Waals surface area (Å²) in [5.74, 6) is -3.29. The number of allylic oxidation sites excluding steroid dienone is 1. The highest BCUT2D eigenvalue weighted by molar-refractivity contribution is 5.77. The topological polar surface area (TPSA) is 52.6 Å². The van der Waals surface area contributed by atoms with Gasteiger partial charge in [0.2, 0.25) is 0 Å². The first-order valence-corrected chi connectivity index (χ1v) is 13.3. The van der Waals surface area contributed by atoms with E-state index in [1.807, 2.05) is 6.92 Å². The molecule has 3 saturated carbocycles. The highest BCUT2D eigenvalue weighted by Gasteiger charge is 2.60. The first-order valence-electron chi connectivity index (χ1n) is 13.3. The molecule has 4 aliphatic rings. The maximum atomic E-state index is 14.6. The van der Waals surface area contributed by atoms with Crippen molar-refractivity contribution >= 4 is 11.9 Å². The Bertz CT molecular complexity index is 838. The van der Waals surface area contributed by atoms with E-state index < -0.39 is 18.3 Å². The summed E-state index contributed by atoms with van der Waals surface area (Å²) in [6.07, 6.45) is 10.1. The number of carbonyl (C=O) groups excluding carboxylic acids is 2. The summed E-state index contributed by atoms with van der Waals surface area (Å²) < 4.78 is 39.3. The second kappa shape index (κ2) is 9.20. The predicted molar refractivity (Wildman–Crippen MR) is 126 cm³/mol. The van der Waals surface area contributed by atoms with Crippen LogP contribution >= 0.6 is 0 Å². The number of carbonyl (C=O) groups is 2. The normalized spacial score (nSPS) is 40.3. The first kappa shape index (κ1) is 25.6. The molecule has 4 aliphatic carbocycles. The monoisotopic (exact) mass is 480 g/mol. The Morgan fingerprint density at radius 1 is 1.15 bits per heavy atom. The minimum absolute atomic E-state index is 0.00000751. The standard InChI is InChI=1S/C28H42F2O4/c1-6-33-25(32)28(29,30)16-17(2)22-9-10-23-21-8-7-19-15-20(34-18(3)31)11-13-26(19,4)24(21)12-14-27(22,23)5/h7,17,20-24H,6,8-16H2,1-5H3. The van der Waals surface area contributed by atoms with Crippen molar-refractivity contribution in [1.29, 1.82) is 0 Å². The van der Waals surface area contributed by atoms with E-state index in [4.69, 9.17) is 4.74 Å². The van der Waals surface area contributed by atoms with E-state index in [0.717, 1.165) is 51.4 Å². The van der Waals surface area contributed by atoms with Crippen molar-refractivity contribution in [2.45, 2.75) is 104 Å². The Morgan fingerprint density at radius 2 is 1.88 bits per heavy atom. The van der Waals surface area contributed by atoms with Gasteiger partial charge in [0, 0.05) is 19.8 Å². The lowest BCUT2D eigenvalue weighted by Crippen LogP contribution is -2.51. The molecule has 8 atom stereocenters. The van der Waals surface area contributed by atoms with Crippen molar-refractivity contribution in [2.24, 2.45) is 40.4 Å². The summed E-state index contributed by atoms with van der Waals surface area (Å²) in [5, 5.41) is 0. The number of alkyl halides is 2. The highest BCUT2D eigenvalue weighted by Crippen LogP contribution is 2.67. The van der Waals surface area contributed by atoms with Gasteiger partial charge in [-0.3, -0.25) is 4.79 Å². The number of esters is 2. The van der Waals surface area contributed by atoms with Crippen molar-refractivity contribution in [3.63, 3.8) is 0 Å². The second-order valence-corrected chi connectivity index (χ2v) is 12.1. The summed E-state index contributed by atoms with van der Waals surface area (Å²) >= 11 is 0. The maximum Gasteiger partial charge on any atom is 0.376 e. The third-order valence-electron chi connectivity index (χ3n) is 10.3. The molecule has 0 amide bonds. The number of halogens is 2. The third-order valence-corrected chi connectivity index (χ3v) is 10.3.